The summed E-state index contributed by atoms with van der Waals surface area (Å²) >= 11 is 6.50. The highest BCUT2D eigenvalue weighted by molar-refractivity contribution is 7.90. The summed E-state index contributed by atoms with van der Waals surface area (Å²) in [7, 11) is 0.0520. The second kappa shape index (κ2) is 17.2. The highest BCUT2D eigenvalue weighted by Crippen LogP contribution is 2.47. The highest BCUT2D eigenvalue weighted by Gasteiger charge is 2.48. The molecule has 2 unspecified atom stereocenters. The predicted octanol–water partition coefficient (Wildman–Crippen LogP) is 6.09. The van der Waals surface area contributed by atoms with Gasteiger partial charge in [0.05, 0.1) is 30.8 Å². The fourth-order valence-electron chi connectivity index (χ4n) is 8.83. The Kier molecular flexibility index (Phi) is 13.0. The van der Waals surface area contributed by atoms with Crippen LogP contribution in [0.3, 0.4) is 0 Å². The van der Waals surface area contributed by atoms with Crippen molar-refractivity contribution in [3.63, 3.8) is 0 Å². The molecule has 10 nitrogen and oxygen atoms in total. The van der Waals surface area contributed by atoms with Gasteiger partial charge in [-0.25, -0.2) is 13.1 Å². The van der Waals surface area contributed by atoms with Crippen molar-refractivity contribution in [1.82, 2.24) is 14.5 Å². The quantitative estimate of drug-likeness (QED) is 0.345. The standard InChI is InChI=1S/C41H61ClN4O6S/c1-30-9-8-16-41(50-5,28-44(4)19-20-45-21-23-51-24-22-45)36-13-11-33(36)27-46-18-7-6-10-34-26-35(42)15-17-40(34,3)29-52-38-14-12-32(25-37(38)46)39(47)43-53(48,49)31(30)2/h8,12,14-17,25-26,30-31,33-34,36H,6-7,9-11,13,18-24,27-29H2,1-5H3,(H,43,47)/b16-8+/t30-,31+,33-,34?,36+,40?,41-/m0/s1. The van der Waals surface area contributed by atoms with Crippen molar-refractivity contribution in [3.8, 4) is 5.75 Å². The van der Waals surface area contributed by atoms with E-state index in [4.69, 9.17) is 25.8 Å². The lowest BCUT2D eigenvalue weighted by Crippen LogP contribution is -2.56. The number of nitrogens with one attached hydrogen (secondary N) is 1. The van der Waals surface area contributed by atoms with Crippen molar-refractivity contribution in [3.05, 3.63) is 59.2 Å². The number of fused-ring (bicyclic) bond motifs is 3. The van der Waals surface area contributed by atoms with Crippen LogP contribution in [0.5, 0.6) is 5.75 Å². The van der Waals surface area contributed by atoms with Gasteiger partial charge in [-0.1, -0.05) is 56.2 Å². The second-order valence-corrected chi connectivity index (χ2v) is 19.0. The van der Waals surface area contributed by atoms with Crippen molar-refractivity contribution in [2.45, 2.75) is 70.1 Å². The summed E-state index contributed by atoms with van der Waals surface area (Å²) in [5, 5.41) is -0.0188. The molecule has 0 radical (unpaired) electrons. The Hall–Kier alpha value is -2.41. The van der Waals surface area contributed by atoms with Crippen LogP contribution in [0.25, 0.3) is 0 Å². The first-order valence-electron chi connectivity index (χ1n) is 19.7. The number of hydrogen-bond donors (Lipinski definition) is 1. The van der Waals surface area contributed by atoms with Crippen LogP contribution in [0.4, 0.5) is 5.69 Å². The Morgan fingerprint density at radius 3 is 2.62 bits per heavy atom. The molecule has 12 heteroatoms. The number of ether oxygens (including phenoxy) is 3. The fraction of sp³-hybridized carbons (Fsp3) is 0.683. The van der Waals surface area contributed by atoms with Gasteiger partial charge in [0.15, 0.2) is 0 Å². The van der Waals surface area contributed by atoms with E-state index < -0.39 is 26.8 Å². The topological polar surface area (TPSA) is 101 Å². The molecule has 1 aromatic carbocycles. The largest absolute Gasteiger partial charge is 0.490 e. The summed E-state index contributed by atoms with van der Waals surface area (Å²) in [6, 6.07) is 5.36. The zero-order valence-electron chi connectivity index (χ0n) is 32.4. The maximum absolute atomic E-state index is 13.7. The number of carbonyl (C=O) groups is 1. The van der Waals surface area contributed by atoms with E-state index in [0.717, 1.165) is 102 Å². The van der Waals surface area contributed by atoms with Crippen molar-refractivity contribution in [1.29, 1.82) is 0 Å². The van der Waals surface area contributed by atoms with Gasteiger partial charge >= 0.3 is 0 Å². The monoisotopic (exact) mass is 772 g/mol. The minimum absolute atomic E-state index is 0.227. The third-order valence-corrected chi connectivity index (χ3v) is 15.0. The average Bonchev–Trinajstić information content (AvgIpc) is 3.15. The van der Waals surface area contributed by atoms with Gasteiger partial charge in [-0.15, -0.1) is 0 Å². The first-order valence-corrected chi connectivity index (χ1v) is 21.6. The fourth-order valence-corrected chi connectivity index (χ4v) is 10.3. The number of amides is 1. The zero-order chi connectivity index (χ0) is 37.8. The van der Waals surface area contributed by atoms with Gasteiger partial charge in [0.25, 0.3) is 5.91 Å². The van der Waals surface area contributed by atoms with Crippen molar-refractivity contribution in [2.24, 2.45) is 29.1 Å². The van der Waals surface area contributed by atoms with Gasteiger partial charge in [0.1, 0.15) is 11.4 Å². The van der Waals surface area contributed by atoms with Crippen LogP contribution in [-0.2, 0) is 19.5 Å². The minimum atomic E-state index is -3.96. The summed E-state index contributed by atoms with van der Waals surface area (Å²) in [5.41, 5.74) is 0.337. The van der Waals surface area contributed by atoms with Crippen LogP contribution in [0, 0.1) is 29.1 Å². The molecule has 0 aromatic heterocycles. The maximum atomic E-state index is 13.7. The van der Waals surface area contributed by atoms with E-state index in [-0.39, 0.29) is 23.2 Å². The molecule has 5 aliphatic rings. The summed E-state index contributed by atoms with van der Waals surface area (Å²) in [6.45, 7) is 13.9. The molecule has 6 rings (SSSR count). The van der Waals surface area contributed by atoms with E-state index in [1.165, 1.54) is 0 Å². The molecule has 1 amide bonds. The maximum Gasteiger partial charge on any atom is 0.264 e. The van der Waals surface area contributed by atoms with Crippen LogP contribution in [-0.4, -0.2) is 115 Å². The van der Waals surface area contributed by atoms with Crippen LogP contribution < -0.4 is 14.4 Å². The number of methoxy groups -OCH3 is 1. The molecule has 3 aliphatic heterocycles. The van der Waals surface area contributed by atoms with Gasteiger partial charge in [0.2, 0.25) is 10.0 Å². The summed E-state index contributed by atoms with van der Waals surface area (Å²) in [6.07, 6.45) is 16.3. The molecule has 0 spiro atoms. The second-order valence-electron chi connectivity index (χ2n) is 16.5. The van der Waals surface area contributed by atoms with E-state index >= 15 is 0 Å². The molecule has 7 atom stereocenters. The van der Waals surface area contributed by atoms with Crippen molar-refractivity contribution >= 4 is 33.2 Å². The Bertz CT molecular complexity index is 1650. The van der Waals surface area contributed by atoms with Crippen molar-refractivity contribution < 1.29 is 27.4 Å². The number of likely N-dealkylation sites (N-methyl/N-ethyl adjacent to an activating group) is 1. The number of anilines is 1. The van der Waals surface area contributed by atoms with E-state index in [9.17, 15) is 13.2 Å². The van der Waals surface area contributed by atoms with Gasteiger partial charge < -0.3 is 24.0 Å². The first-order chi connectivity index (χ1) is 25.3. The normalized spacial score (nSPS) is 34.7. The minimum Gasteiger partial charge on any atom is -0.490 e. The van der Waals surface area contributed by atoms with Crippen LogP contribution in [0.15, 0.2) is 53.6 Å². The number of rotatable bonds is 6. The highest BCUT2D eigenvalue weighted by atomic mass is 35.5. The van der Waals surface area contributed by atoms with Gasteiger partial charge in [-0.2, -0.15) is 0 Å². The number of carbonyl (C=O) groups excluding carboxylic acids is 1. The molecule has 1 N–H and O–H groups in total. The smallest absolute Gasteiger partial charge is 0.264 e. The van der Waals surface area contributed by atoms with Crippen LogP contribution in [0.2, 0.25) is 0 Å². The molecular formula is C41H61ClN4O6S. The summed E-state index contributed by atoms with van der Waals surface area (Å²) < 4.78 is 48.5. The van der Waals surface area contributed by atoms with Crippen LogP contribution >= 0.6 is 11.6 Å². The SMILES string of the molecule is CO[C@]1(CN(C)CCN2CCOCC2)/C=C/C[C@H](C)[C@@H](C)S(=O)(=O)NC(=O)c2ccc3c(c2)N(CCCCC2C=C(Cl)C=CC2(C)CO3)C[C@@H]2CC[C@H]21. The first kappa shape index (κ1) is 40.3. The molecule has 53 heavy (non-hydrogen) atoms. The van der Waals surface area contributed by atoms with Crippen molar-refractivity contribution in [2.75, 3.05) is 84.7 Å². The number of benzene rings is 1. The van der Waals surface area contributed by atoms with E-state index in [0.29, 0.717) is 30.3 Å². The molecule has 1 aromatic rings. The molecular weight excluding hydrogens is 712 g/mol. The number of sulfonamides is 1. The Balaban J connectivity index is 1.35. The van der Waals surface area contributed by atoms with E-state index in [1.54, 1.807) is 13.0 Å². The molecule has 1 saturated carbocycles. The molecule has 3 heterocycles. The number of morpholine rings is 1. The molecule has 2 bridgehead atoms. The van der Waals surface area contributed by atoms with E-state index in [1.807, 2.05) is 32.2 Å². The van der Waals surface area contributed by atoms with Crippen LogP contribution in [0.1, 0.15) is 69.7 Å². The Labute approximate surface area is 323 Å². The predicted molar refractivity (Wildman–Crippen MR) is 212 cm³/mol. The lowest BCUT2D eigenvalue weighted by molar-refractivity contribution is -0.0894. The zero-order valence-corrected chi connectivity index (χ0v) is 34.0. The lowest BCUT2D eigenvalue weighted by Gasteiger charge is -2.51. The molecule has 294 valence electrons. The van der Waals surface area contributed by atoms with Gasteiger partial charge in [-0.3, -0.25) is 9.69 Å². The number of allylic oxidation sites excluding steroid dienone is 4. The van der Waals surface area contributed by atoms with E-state index in [2.05, 4.69) is 57.7 Å². The average molecular weight is 773 g/mol. The Morgan fingerprint density at radius 1 is 1.09 bits per heavy atom. The van der Waals surface area contributed by atoms with Gasteiger partial charge in [0, 0.05) is 68.9 Å². The summed E-state index contributed by atoms with van der Waals surface area (Å²) in [5.74, 6) is 0.694. The molecule has 1 saturated heterocycles. The third kappa shape index (κ3) is 9.35. The number of halogens is 1. The number of nitrogens with zero attached hydrogens (tertiary/aromatic N) is 3. The third-order valence-electron chi connectivity index (χ3n) is 12.9. The molecule has 2 aliphatic carbocycles. The lowest BCUT2D eigenvalue weighted by atomic mass is 9.64. The summed E-state index contributed by atoms with van der Waals surface area (Å²) in [4.78, 5) is 20.9. The molecule has 2 fully saturated rings. The van der Waals surface area contributed by atoms with Gasteiger partial charge in [-0.05, 0) is 94.0 Å². The Morgan fingerprint density at radius 2 is 1.89 bits per heavy atom. The number of hydrogen-bond acceptors (Lipinski definition) is 9.